The first-order valence-electron chi connectivity index (χ1n) is 4.39. The average molecular weight is 220 g/mol. The van der Waals surface area contributed by atoms with Crippen molar-refractivity contribution in [1.82, 2.24) is 4.98 Å². The van der Waals surface area contributed by atoms with Crippen molar-refractivity contribution in [3.63, 3.8) is 0 Å². The molecule has 0 bridgehead atoms. The molecule has 2 N–H and O–H groups in total. The van der Waals surface area contributed by atoms with E-state index in [1.165, 1.54) is 23.9 Å². The first-order chi connectivity index (χ1) is 7.24. The quantitative estimate of drug-likeness (QED) is 0.845. The molecule has 0 aliphatic heterocycles. The lowest BCUT2D eigenvalue weighted by molar-refractivity contribution is 0.624. The van der Waals surface area contributed by atoms with E-state index >= 15 is 0 Å². The summed E-state index contributed by atoms with van der Waals surface area (Å²) in [6.07, 6.45) is 1.64. The fourth-order valence-electron chi connectivity index (χ4n) is 1.16. The minimum absolute atomic E-state index is 0.234. The summed E-state index contributed by atoms with van der Waals surface area (Å²) >= 11 is 1.46. The summed E-state index contributed by atoms with van der Waals surface area (Å²) in [5.74, 6) is 0.235. The molecule has 2 rings (SSSR count). The molecule has 0 unspecified atom stereocenters. The van der Waals surface area contributed by atoms with Crippen LogP contribution in [0.3, 0.4) is 0 Å². The Kier molecular flexibility index (Phi) is 2.87. The summed E-state index contributed by atoms with van der Waals surface area (Å²) in [7, 11) is 0. The number of nitrogens with two attached hydrogens (primary N) is 1. The monoisotopic (exact) mass is 220 g/mol. The van der Waals surface area contributed by atoms with Crippen LogP contribution in [0.5, 0.6) is 0 Å². The molecule has 15 heavy (non-hydrogen) atoms. The fourth-order valence-corrected chi connectivity index (χ4v) is 2.06. The molecular weight excluding hydrogens is 211 g/mol. The number of rotatable bonds is 2. The molecule has 0 aliphatic rings. The van der Waals surface area contributed by atoms with E-state index in [0.29, 0.717) is 5.82 Å². The Balaban J connectivity index is 2.22. The summed E-state index contributed by atoms with van der Waals surface area (Å²) in [4.78, 5) is 5.69. The molecule has 0 saturated heterocycles. The van der Waals surface area contributed by atoms with Gasteiger partial charge in [0.25, 0.3) is 0 Å². The van der Waals surface area contributed by atoms with Gasteiger partial charge in [0, 0.05) is 16.0 Å². The second-order valence-corrected chi connectivity index (χ2v) is 4.12. The second kappa shape index (κ2) is 4.31. The Morgan fingerprint density at radius 3 is 2.67 bits per heavy atom. The highest BCUT2D eigenvalue weighted by Gasteiger charge is 1.99. The maximum absolute atomic E-state index is 12.9. The number of nitrogens with zero attached hydrogens (tertiary/aromatic N) is 1. The van der Waals surface area contributed by atoms with Gasteiger partial charge in [-0.2, -0.15) is 0 Å². The molecule has 1 heterocycles. The number of aromatic nitrogens is 1. The Bertz CT molecular complexity index is 430. The zero-order valence-corrected chi connectivity index (χ0v) is 8.67. The number of hydrogen-bond donors (Lipinski definition) is 1. The van der Waals surface area contributed by atoms with Crippen LogP contribution in [-0.2, 0) is 0 Å². The molecule has 1 aromatic carbocycles. The van der Waals surface area contributed by atoms with Crippen molar-refractivity contribution in [2.24, 2.45) is 0 Å². The van der Waals surface area contributed by atoms with Gasteiger partial charge in [0.15, 0.2) is 0 Å². The average Bonchev–Trinajstić information content (AvgIpc) is 2.17. The van der Waals surface area contributed by atoms with Crippen LogP contribution >= 0.6 is 11.8 Å². The van der Waals surface area contributed by atoms with Crippen LogP contribution in [-0.4, -0.2) is 4.98 Å². The Morgan fingerprint density at radius 2 is 1.93 bits per heavy atom. The van der Waals surface area contributed by atoms with Gasteiger partial charge in [0.2, 0.25) is 0 Å². The van der Waals surface area contributed by atoms with Crippen LogP contribution in [0.1, 0.15) is 0 Å². The maximum Gasteiger partial charge on any atom is 0.124 e. The number of hydrogen-bond acceptors (Lipinski definition) is 3. The number of benzene rings is 1. The fraction of sp³-hybridized carbons (Fsp3) is 0. The van der Waals surface area contributed by atoms with E-state index in [1.54, 1.807) is 18.3 Å². The normalized spacial score (nSPS) is 10.2. The van der Waals surface area contributed by atoms with Crippen molar-refractivity contribution in [1.29, 1.82) is 0 Å². The third kappa shape index (κ3) is 2.70. The van der Waals surface area contributed by atoms with Crippen molar-refractivity contribution in [2.45, 2.75) is 9.79 Å². The van der Waals surface area contributed by atoms with Crippen LogP contribution in [0.25, 0.3) is 0 Å². The Labute approximate surface area is 91.3 Å². The highest BCUT2D eigenvalue weighted by Crippen LogP contribution is 2.28. The van der Waals surface area contributed by atoms with Gasteiger partial charge in [-0.15, -0.1) is 0 Å². The summed E-state index contributed by atoms with van der Waals surface area (Å²) in [5.41, 5.74) is 5.54. The van der Waals surface area contributed by atoms with Crippen LogP contribution < -0.4 is 5.73 Å². The molecule has 1 aromatic heterocycles. The number of pyridine rings is 1. The lowest BCUT2D eigenvalue weighted by Crippen LogP contribution is -1.88. The summed E-state index contributed by atoms with van der Waals surface area (Å²) < 4.78 is 12.9. The first-order valence-corrected chi connectivity index (χ1v) is 5.20. The van der Waals surface area contributed by atoms with E-state index in [9.17, 15) is 4.39 Å². The minimum Gasteiger partial charge on any atom is -0.384 e. The van der Waals surface area contributed by atoms with Gasteiger partial charge in [-0.25, -0.2) is 9.37 Å². The van der Waals surface area contributed by atoms with E-state index in [2.05, 4.69) is 4.98 Å². The van der Waals surface area contributed by atoms with Gasteiger partial charge >= 0.3 is 0 Å². The Morgan fingerprint density at radius 1 is 1.13 bits per heavy atom. The van der Waals surface area contributed by atoms with E-state index in [-0.39, 0.29) is 5.82 Å². The highest BCUT2D eigenvalue weighted by atomic mass is 32.2. The van der Waals surface area contributed by atoms with Crippen LogP contribution in [0.2, 0.25) is 0 Å². The molecule has 2 aromatic rings. The molecule has 4 heteroatoms. The van der Waals surface area contributed by atoms with Gasteiger partial charge in [-0.1, -0.05) is 17.8 Å². The third-order valence-corrected chi connectivity index (χ3v) is 2.76. The Hall–Kier alpha value is -1.55. The standard InChI is InChI=1S/C11H9FN2S/c12-8-2-1-3-9(6-8)15-10-4-5-14-11(13)7-10/h1-7H,(H2,13,14). The first kappa shape index (κ1) is 9.98. The molecule has 0 aliphatic carbocycles. The van der Waals surface area contributed by atoms with E-state index < -0.39 is 0 Å². The largest absolute Gasteiger partial charge is 0.384 e. The minimum atomic E-state index is -0.234. The maximum atomic E-state index is 12.9. The molecule has 0 radical (unpaired) electrons. The second-order valence-electron chi connectivity index (χ2n) is 2.98. The zero-order valence-electron chi connectivity index (χ0n) is 7.85. The molecular formula is C11H9FN2S. The van der Waals surface area contributed by atoms with Crippen LogP contribution in [0.15, 0.2) is 52.4 Å². The number of halogens is 1. The van der Waals surface area contributed by atoms with Crippen molar-refractivity contribution >= 4 is 17.6 Å². The third-order valence-electron chi connectivity index (χ3n) is 1.78. The highest BCUT2D eigenvalue weighted by molar-refractivity contribution is 7.99. The lowest BCUT2D eigenvalue weighted by Gasteiger charge is -2.01. The predicted molar refractivity (Wildman–Crippen MR) is 59.2 cm³/mol. The predicted octanol–water partition coefficient (Wildman–Crippen LogP) is 2.95. The molecule has 0 fully saturated rings. The van der Waals surface area contributed by atoms with Crippen molar-refractivity contribution in [2.75, 3.05) is 5.73 Å². The van der Waals surface area contributed by atoms with Crippen molar-refractivity contribution in [3.05, 3.63) is 48.4 Å². The molecule has 0 atom stereocenters. The van der Waals surface area contributed by atoms with Gasteiger partial charge in [-0.3, -0.25) is 0 Å². The van der Waals surface area contributed by atoms with Gasteiger partial charge in [0.05, 0.1) is 0 Å². The lowest BCUT2D eigenvalue weighted by atomic mass is 10.4. The summed E-state index contributed by atoms with van der Waals surface area (Å²) in [6.45, 7) is 0. The summed E-state index contributed by atoms with van der Waals surface area (Å²) in [6, 6.07) is 10.0. The van der Waals surface area contributed by atoms with E-state index in [4.69, 9.17) is 5.73 Å². The molecule has 0 spiro atoms. The topological polar surface area (TPSA) is 38.9 Å². The smallest absolute Gasteiger partial charge is 0.124 e. The zero-order chi connectivity index (χ0) is 10.7. The number of nitrogen functional groups attached to an aromatic ring is 1. The van der Waals surface area contributed by atoms with Crippen molar-refractivity contribution in [3.8, 4) is 0 Å². The van der Waals surface area contributed by atoms with Gasteiger partial charge < -0.3 is 5.73 Å². The van der Waals surface area contributed by atoms with Crippen molar-refractivity contribution < 1.29 is 4.39 Å². The van der Waals surface area contributed by atoms with Crippen LogP contribution in [0.4, 0.5) is 10.2 Å². The summed E-state index contributed by atoms with van der Waals surface area (Å²) in [5, 5.41) is 0. The van der Waals surface area contributed by atoms with E-state index in [0.717, 1.165) is 9.79 Å². The molecule has 76 valence electrons. The van der Waals surface area contributed by atoms with Gasteiger partial charge in [-0.05, 0) is 30.3 Å². The SMILES string of the molecule is Nc1cc(Sc2cccc(F)c2)ccn1. The van der Waals surface area contributed by atoms with Crippen LogP contribution in [0, 0.1) is 5.82 Å². The number of anilines is 1. The molecule has 2 nitrogen and oxygen atoms in total. The van der Waals surface area contributed by atoms with Gasteiger partial charge in [0.1, 0.15) is 11.6 Å². The molecule has 0 saturated carbocycles. The van der Waals surface area contributed by atoms with E-state index in [1.807, 2.05) is 12.1 Å². The molecule has 0 amide bonds.